The topological polar surface area (TPSA) is 497 Å². The second-order valence-corrected chi connectivity index (χ2v) is 35.1. The van der Waals surface area contributed by atoms with Gasteiger partial charge in [-0.15, -0.1) is 5.06 Å². The van der Waals surface area contributed by atoms with Gasteiger partial charge in [0.1, 0.15) is 34.7 Å². The molecular formula is C103H184N6O31. The molecule has 1 aliphatic heterocycles. The number of carbonyl (C=O) groups excluding carboxylic acids is 14. The Morgan fingerprint density at radius 1 is 0.207 bits per heavy atom. The summed E-state index contributed by atoms with van der Waals surface area (Å²) in [6.45, 7) is 17.5. The zero-order chi connectivity index (χ0) is 103. The smallest absolute Gasteiger partial charge is 0.335 e. The van der Waals surface area contributed by atoms with Crippen LogP contribution in [-0.2, 0) is 138 Å². The second kappa shape index (κ2) is 106. The highest BCUT2D eigenvalue weighted by atomic mass is 16.7. The van der Waals surface area contributed by atoms with Crippen LogP contribution in [0.3, 0.4) is 0 Å². The van der Waals surface area contributed by atoms with Crippen molar-refractivity contribution in [3.63, 3.8) is 0 Å². The fraction of sp³-hybridized carbons (Fsp3) is 0.845. The summed E-state index contributed by atoms with van der Waals surface area (Å²) in [6.07, 6.45) is 41.8. The van der Waals surface area contributed by atoms with Crippen LogP contribution in [0.25, 0.3) is 0 Å². The molecular weight excluding hydrogens is 1820 g/mol. The molecule has 1 saturated heterocycles. The SMILES string of the molecule is CC(=O)CCCCCCCCC(=O)CCCCCCCCC(=O)CCOCCCOCCC(=O)NCCCCCCCC(=O)NCCCCCCCC(=O)O.CC(=O)CCCCCCCNC(=O)CCOCCCOCCC(=O)NCCCCCCCC(=O)O.CC(=O)CCOCCOCCOCCNC(=O)CCOCCCOCCC(=O)CCCOCCOCCOCCC(=O)ON1C(=O)CCC1=O. The highest BCUT2D eigenvalue weighted by Gasteiger charge is 2.33. The Morgan fingerprint density at radius 2 is 0.421 bits per heavy atom. The molecule has 0 atom stereocenters. The number of aliphatic carboxylic acids is 2. The predicted molar refractivity (Wildman–Crippen MR) is 529 cm³/mol. The van der Waals surface area contributed by atoms with Crippen LogP contribution in [0, 0.1) is 0 Å². The molecule has 1 heterocycles. The van der Waals surface area contributed by atoms with E-state index in [0.29, 0.717) is 292 Å². The van der Waals surface area contributed by atoms with Crippen LogP contribution in [-0.4, -0.2) is 301 Å². The molecule has 140 heavy (non-hydrogen) atoms. The van der Waals surface area contributed by atoms with Gasteiger partial charge in [0.15, 0.2) is 0 Å². The number of hydroxylamine groups is 2. The molecule has 0 aromatic heterocycles. The Labute approximate surface area is 835 Å². The van der Waals surface area contributed by atoms with Gasteiger partial charge in [0.2, 0.25) is 29.5 Å². The standard InChI is InChI=1S/C44H80N2O9.C33H56N2O15.C26H48N2O7/c1-39(47)25-16-8-2-3-9-17-26-40(48)27-18-10-4-5-11-19-28-41(49)31-37-54-35-24-36-55-38-32-43(51)46-34-23-14-6-12-20-29-42(50)45-33-22-15-7-13-21-30-44(52)53;1-28(36)7-15-45-21-25-49-27-23-47-19-11-34-30(38)9-17-43-14-3-13-42-16-8-29(37)4-2-12-44-20-24-48-26-22-46-18-10-33(41)50-35-31(39)5-6-32(35)40;1-23(29)13-8-4-2-6-10-17-27-24(30)15-21-34-19-12-20-35-22-16-25(31)28-18-11-7-3-5-9-14-26(32)33/h2-38H2,1H3,(H,45,50)(H,46,51)(H,52,53);2-27H2,1H3,(H,34,38);2-22H2,1H3,(H,27,30)(H,28,31)(H,32,33). The summed E-state index contributed by atoms with van der Waals surface area (Å²) in [5, 5.41) is 32.1. The third-order valence-electron chi connectivity index (χ3n) is 21.8. The Hall–Kier alpha value is -7.56. The van der Waals surface area contributed by atoms with E-state index in [0.717, 1.165) is 212 Å². The van der Waals surface area contributed by atoms with Crippen LogP contribution >= 0.6 is 0 Å². The second-order valence-electron chi connectivity index (χ2n) is 35.1. The van der Waals surface area contributed by atoms with Crippen molar-refractivity contribution < 1.29 is 149 Å². The van der Waals surface area contributed by atoms with Gasteiger partial charge in [-0.05, 0) is 124 Å². The van der Waals surface area contributed by atoms with Crippen LogP contribution in [0.15, 0.2) is 0 Å². The number of rotatable bonds is 106. The lowest BCUT2D eigenvalue weighted by Gasteiger charge is -2.12. The summed E-state index contributed by atoms with van der Waals surface area (Å²) in [5.74, 6) is -1.93. The molecule has 0 saturated carbocycles. The van der Waals surface area contributed by atoms with Gasteiger partial charge in [-0.3, -0.25) is 62.3 Å². The number of carboxylic acid groups (broad SMARTS) is 2. The van der Waals surface area contributed by atoms with Crippen molar-refractivity contribution in [2.75, 3.05) is 191 Å². The molecule has 7 N–H and O–H groups in total. The van der Waals surface area contributed by atoms with Crippen LogP contribution in [0.1, 0.15) is 374 Å². The fourth-order valence-electron chi connectivity index (χ4n) is 13.6. The number of hydrogen-bond acceptors (Lipinski definition) is 29. The van der Waals surface area contributed by atoms with E-state index in [1.165, 1.54) is 6.92 Å². The molecule has 0 aliphatic carbocycles. The molecule has 7 amide bonds. The third kappa shape index (κ3) is 109. The zero-order valence-electron chi connectivity index (χ0n) is 86.1. The molecule has 0 unspecified atom stereocenters. The quantitative estimate of drug-likeness (QED) is 0.0220. The number of amides is 7. The molecule has 1 rings (SSSR count). The minimum absolute atomic E-state index is 0.00188. The van der Waals surface area contributed by atoms with Crippen LogP contribution in [0.5, 0.6) is 0 Å². The van der Waals surface area contributed by atoms with E-state index in [9.17, 15) is 76.7 Å². The fourth-order valence-corrected chi connectivity index (χ4v) is 13.6. The summed E-state index contributed by atoms with van der Waals surface area (Å²) in [4.78, 5) is 188. The lowest BCUT2D eigenvalue weighted by atomic mass is 10.0. The third-order valence-corrected chi connectivity index (χ3v) is 21.8. The van der Waals surface area contributed by atoms with E-state index in [-0.39, 0.29) is 110 Å². The molecule has 1 fully saturated rings. The maximum Gasteiger partial charge on any atom is 0.335 e. The van der Waals surface area contributed by atoms with Crippen LogP contribution in [0.4, 0.5) is 0 Å². The molecule has 0 radical (unpaired) electrons. The Morgan fingerprint density at radius 3 is 0.743 bits per heavy atom. The predicted octanol–water partition coefficient (Wildman–Crippen LogP) is 13.7. The molecule has 1 aliphatic rings. The first-order valence-corrected chi connectivity index (χ1v) is 52.7. The normalized spacial score (nSPS) is 11.6. The lowest BCUT2D eigenvalue weighted by Crippen LogP contribution is -2.32. The number of unbranched alkanes of at least 4 members (excludes halogenated alkanes) is 26. The lowest BCUT2D eigenvalue weighted by molar-refractivity contribution is -0.198. The van der Waals surface area contributed by atoms with Gasteiger partial charge in [0.25, 0.3) is 11.8 Å². The highest BCUT2D eigenvalue weighted by Crippen LogP contribution is 2.17. The summed E-state index contributed by atoms with van der Waals surface area (Å²) >= 11 is 0. The zero-order valence-corrected chi connectivity index (χ0v) is 86.1. The number of carboxylic acids is 2. The van der Waals surface area contributed by atoms with Crippen molar-refractivity contribution in [2.24, 2.45) is 0 Å². The van der Waals surface area contributed by atoms with E-state index < -0.39 is 29.7 Å². The molecule has 37 nitrogen and oxygen atoms in total. The van der Waals surface area contributed by atoms with Crippen molar-refractivity contribution in [1.82, 2.24) is 31.6 Å². The number of Topliss-reactive ketones (excluding diaryl/α,β-unsaturated/α-hetero) is 6. The molecule has 812 valence electrons. The maximum absolute atomic E-state index is 12.1. The number of nitrogens with one attached hydrogen (secondary N) is 5. The van der Waals surface area contributed by atoms with Crippen molar-refractivity contribution in [2.45, 2.75) is 374 Å². The van der Waals surface area contributed by atoms with Crippen molar-refractivity contribution in [1.29, 1.82) is 0 Å². The summed E-state index contributed by atoms with van der Waals surface area (Å²) in [7, 11) is 0. The number of hydrogen-bond donors (Lipinski definition) is 7. The number of nitrogens with zero attached hydrogens (tertiary/aromatic N) is 1. The Kier molecular flexibility index (Phi) is 102. The van der Waals surface area contributed by atoms with Gasteiger partial charge in [0, 0.05) is 195 Å². The number of imide groups is 1. The summed E-state index contributed by atoms with van der Waals surface area (Å²) in [5.41, 5.74) is 0. The van der Waals surface area contributed by atoms with Gasteiger partial charge in [-0.1, -0.05) is 128 Å². The summed E-state index contributed by atoms with van der Waals surface area (Å²) in [6, 6.07) is 0. The van der Waals surface area contributed by atoms with E-state index in [2.05, 4.69) is 26.6 Å². The van der Waals surface area contributed by atoms with Crippen LogP contribution < -0.4 is 26.6 Å². The van der Waals surface area contributed by atoms with Gasteiger partial charge in [0.05, 0.1) is 119 Å². The number of carbonyl (C=O) groups is 16. The molecule has 0 bridgehead atoms. The minimum atomic E-state index is -0.746. The van der Waals surface area contributed by atoms with E-state index in [4.69, 9.17) is 71.9 Å². The van der Waals surface area contributed by atoms with Crippen molar-refractivity contribution >= 4 is 94.0 Å². The number of ether oxygens (including phenoxy) is 12. The first-order chi connectivity index (χ1) is 67.9. The first-order valence-electron chi connectivity index (χ1n) is 52.7. The first kappa shape index (κ1) is 134. The van der Waals surface area contributed by atoms with E-state index in [1.54, 1.807) is 13.8 Å². The van der Waals surface area contributed by atoms with Gasteiger partial charge in [-0.25, -0.2) is 4.79 Å². The van der Waals surface area contributed by atoms with E-state index in [1.807, 2.05) is 0 Å². The Bertz CT molecular complexity index is 3010. The Balaban J connectivity index is 0. The van der Waals surface area contributed by atoms with E-state index >= 15 is 0 Å². The van der Waals surface area contributed by atoms with Gasteiger partial charge < -0.3 is 108 Å². The largest absolute Gasteiger partial charge is 0.481 e. The number of ketones is 6. The van der Waals surface area contributed by atoms with Gasteiger partial charge >= 0.3 is 17.9 Å². The highest BCUT2D eigenvalue weighted by molar-refractivity contribution is 6.01. The monoisotopic (exact) mass is 2000 g/mol. The van der Waals surface area contributed by atoms with Crippen molar-refractivity contribution in [3.8, 4) is 0 Å². The van der Waals surface area contributed by atoms with Gasteiger partial charge in [-0.2, -0.15) is 0 Å². The maximum atomic E-state index is 12.1. The van der Waals surface area contributed by atoms with Crippen LogP contribution in [0.2, 0.25) is 0 Å². The average molecular weight is 2000 g/mol. The summed E-state index contributed by atoms with van der Waals surface area (Å²) < 4.78 is 65.1. The molecule has 0 aromatic carbocycles. The van der Waals surface area contributed by atoms with Crippen molar-refractivity contribution in [3.05, 3.63) is 0 Å². The molecule has 37 heteroatoms. The average Bonchev–Trinajstić information content (AvgIpc) is 1.73. The molecule has 0 aromatic rings. The minimum Gasteiger partial charge on any atom is -0.481 e. The molecule has 0 spiro atoms.